The number of hydrogen-bond donors (Lipinski definition) is 0. The topological polar surface area (TPSA) is 12.9 Å². The average molecular weight is 241 g/mol. The third-order valence-corrected chi connectivity index (χ3v) is 3.01. The largest absolute Gasteiger partial charge is 0.273 e. The molecule has 0 unspecified atom stereocenters. The van der Waals surface area contributed by atoms with Crippen LogP contribution in [0.25, 0.3) is 0 Å². The lowest BCUT2D eigenvalue weighted by Crippen LogP contribution is -2.32. The molecule has 1 aromatic rings. The van der Waals surface area contributed by atoms with E-state index in [4.69, 9.17) is 0 Å². The summed E-state index contributed by atoms with van der Waals surface area (Å²) in [6.45, 7) is 8.23. The quantitative estimate of drug-likeness (QED) is 0.643. The van der Waals surface area contributed by atoms with E-state index in [0.29, 0.717) is 12.0 Å². The van der Waals surface area contributed by atoms with Crippen LogP contribution in [0.3, 0.4) is 0 Å². The number of alkyl halides is 2. The maximum Gasteiger partial charge on any atom is 0.273 e. The van der Waals surface area contributed by atoms with E-state index in [-0.39, 0.29) is 17.4 Å². The van der Waals surface area contributed by atoms with E-state index in [2.05, 4.69) is 18.8 Å². The molecular formula is C14H21F2N. The summed E-state index contributed by atoms with van der Waals surface area (Å²) in [5.41, 5.74) is 0.672. The molecule has 0 atom stereocenters. The fourth-order valence-electron chi connectivity index (χ4n) is 1.99. The molecule has 2 rings (SSSR count). The van der Waals surface area contributed by atoms with Crippen molar-refractivity contribution in [1.29, 1.82) is 0 Å². The fourth-order valence-corrected chi connectivity index (χ4v) is 1.99. The molecule has 0 N–H and O–H groups in total. The van der Waals surface area contributed by atoms with Crippen molar-refractivity contribution >= 4 is 0 Å². The van der Waals surface area contributed by atoms with E-state index in [1.807, 2.05) is 13.8 Å². The van der Waals surface area contributed by atoms with Gasteiger partial charge in [0.2, 0.25) is 0 Å². The lowest BCUT2D eigenvalue weighted by atomic mass is 9.72. The zero-order valence-corrected chi connectivity index (χ0v) is 11.1. The van der Waals surface area contributed by atoms with Gasteiger partial charge in [-0.25, -0.2) is 8.78 Å². The van der Waals surface area contributed by atoms with Crippen molar-refractivity contribution in [3.05, 3.63) is 29.6 Å². The molecule has 0 spiro atoms. The van der Waals surface area contributed by atoms with Gasteiger partial charge in [0.1, 0.15) is 0 Å². The Bertz CT molecular complexity index is 337. The number of halogens is 2. The summed E-state index contributed by atoms with van der Waals surface area (Å²) >= 11 is 0. The molecule has 1 aliphatic carbocycles. The molecule has 96 valence electrons. The van der Waals surface area contributed by atoms with Crippen molar-refractivity contribution in [2.45, 2.75) is 58.3 Å². The molecule has 0 amide bonds. The van der Waals surface area contributed by atoms with Gasteiger partial charge in [-0.05, 0) is 23.5 Å². The Morgan fingerprint density at radius 2 is 1.76 bits per heavy atom. The van der Waals surface area contributed by atoms with Crippen molar-refractivity contribution in [2.75, 3.05) is 0 Å². The maximum atomic E-state index is 13.5. The number of fused-ring (bicyclic) bond motifs is 1. The summed E-state index contributed by atoms with van der Waals surface area (Å²) in [6, 6.07) is 1.44. The van der Waals surface area contributed by atoms with Gasteiger partial charge in [0.15, 0.2) is 0 Å². The highest BCUT2D eigenvalue weighted by Crippen LogP contribution is 2.47. The molecule has 0 saturated heterocycles. The van der Waals surface area contributed by atoms with Crippen molar-refractivity contribution < 1.29 is 8.78 Å². The van der Waals surface area contributed by atoms with Crippen LogP contribution in [0, 0.1) is 0 Å². The zero-order chi connectivity index (χ0) is 13.1. The van der Waals surface area contributed by atoms with Crippen LogP contribution in [0.15, 0.2) is 18.5 Å². The molecule has 0 aliphatic heterocycles. The molecule has 1 heterocycles. The first-order chi connectivity index (χ1) is 7.85. The van der Waals surface area contributed by atoms with Gasteiger partial charge in [-0.2, -0.15) is 0 Å². The van der Waals surface area contributed by atoms with Gasteiger partial charge in [-0.3, -0.25) is 4.98 Å². The van der Waals surface area contributed by atoms with E-state index in [1.165, 1.54) is 18.7 Å². The van der Waals surface area contributed by atoms with Crippen LogP contribution in [0.4, 0.5) is 8.78 Å². The van der Waals surface area contributed by atoms with E-state index >= 15 is 0 Å². The molecule has 0 radical (unpaired) electrons. The predicted octanol–water partition coefficient (Wildman–Crippen LogP) is 4.66. The SMILES string of the molecule is CC1(C)CCC(F)(F)c2ccncc21.CCC. The average Bonchev–Trinajstić information content (AvgIpc) is 2.27. The summed E-state index contributed by atoms with van der Waals surface area (Å²) < 4.78 is 27.0. The van der Waals surface area contributed by atoms with Crippen molar-refractivity contribution in [3.63, 3.8) is 0 Å². The molecule has 1 aromatic heterocycles. The number of aromatic nitrogens is 1. The lowest BCUT2D eigenvalue weighted by Gasteiger charge is -2.36. The van der Waals surface area contributed by atoms with Crippen LogP contribution in [0.5, 0.6) is 0 Å². The van der Waals surface area contributed by atoms with E-state index < -0.39 is 5.92 Å². The van der Waals surface area contributed by atoms with Gasteiger partial charge in [0, 0.05) is 24.4 Å². The molecule has 0 saturated carbocycles. The van der Waals surface area contributed by atoms with Gasteiger partial charge in [0.25, 0.3) is 5.92 Å². The Morgan fingerprint density at radius 1 is 1.18 bits per heavy atom. The van der Waals surface area contributed by atoms with E-state index in [0.717, 1.165) is 0 Å². The Labute approximate surface area is 102 Å². The Morgan fingerprint density at radius 3 is 2.29 bits per heavy atom. The molecule has 0 aromatic carbocycles. The van der Waals surface area contributed by atoms with Gasteiger partial charge in [-0.1, -0.05) is 34.1 Å². The fraction of sp³-hybridized carbons (Fsp3) is 0.643. The second-order valence-corrected chi connectivity index (χ2v) is 5.22. The summed E-state index contributed by atoms with van der Waals surface area (Å²) in [4.78, 5) is 3.93. The molecule has 1 aliphatic rings. The summed E-state index contributed by atoms with van der Waals surface area (Å²) in [6.07, 6.45) is 4.71. The second-order valence-electron chi connectivity index (χ2n) is 5.22. The van der Waals surface area contributed by atoms with Crippen LogP contribution >= 0.6 is 0 Å². The van der Waals surface area contributed by atoms with Crippen LogP contribution in [-0.4, -0.2) is 4.98 Å². The summed E-state index contributed by atoms with van der Waals surface area (Å²) in [5, 5.41) is 0. The van der Waals surface area contributed by atoms with Crippen LogP contribution in [-0.2, 0) is 11.3 Å². The van der Waals surface area contributed by atoms with Gasteiger partial charge in [-0.15, -0.1) is 0 Å². The minimum atomic E-state index is -2.67. The first-order valence-corrected chi connectivity index (χ1v) is 6.18. The minimum Gasteiger partial charge on any atom is -0.264 e. The minimum absolute atomic E-state index is 0.0585. The van der Waals surface area contributed by atoms with E-state index in [1.54, 1.807) is 6.20 Å². The summed E-state index contributed by atoms with van der Waals surface area (Å²) in [5.74, 6) is -2.67. The molecule has 0 fully saturated rings. The van der Waals surface area contributed by atoms with Gasteiger partial charge >= 0.3 is 0 Å². The van der Waals surface area contributed by atoms with Crippen LogP contribution in [0.1, 0.15) is 58.1 Å². The smallest absolute Gasteiger partial charge is 0.264 e. The monoisotopic (exact) mass is 241 g/mol. The Hall–Kier alpha value is -0.990. The first kappa shape index (κ1) is 14.1. The molecule has 3 heteroatoms. The van der Waals surface area contributed by atoms with Gasteiger partial charge in [0.05, 0.1) is 0 Å². The second kappa shape index (κ2) is 5.11. The third kappa shape index (κ3) is 3.02. The molecule has 17 heavy (non-hydrogen) atoms. The zero-order valence-electron chi connectivity index (χ0n) is 11.1. The Balaban J connectivity index is 0.000000437. The standard InChI is InChI=1S/C11H13F2N.C3H8/c1-10(2)4-5-11(12,13)8-3-6-14-7-9(8)10;1-3-2/h3,6-7H,4-5H2,1-2H3;3H2,1-2H3. The van der Waals surface area contributed by atoms with Crippen LogP contribution in [0.2, 0.25) is 0 Å². The van der Waals surface area contributed by atoms with E-state index in [9.17, 15) is 8.78 Å². The van der Waals surface area contributed by atoms with Crippen molar-refractivity contribution in [3.8, 4) is 0 Å². The van der Waals surface area contributed by atoms with Crippen molar-refractivity contribution in [1.82, 2.24) is 4.98 Å². The molecular weight excluding hydrogens is 220 g/mol. The maximum absolute atomic E-state index is 13.5. The van der Waals surface area contributed by atoms with Gasteiger partial charge < -0.3 is 0 Å². The Kier molecular flexibility index (Phi) is 4.23. The molecule has 1 nitrogen and oxygen atoms in total. The predicted molar refractivity (Wildman–Crippen MR) is 66.4 cm³/mol. The third-order valence-electron chi connectivity index (χ3n) is 3.01. The highest BCUT2D eigenvalue weighted by Gasteiger charge is 2.43. The lowest BCUT2D eigenvalue weighted by molar-refractivity contribution is -0.0308. The van der Waals surface area contributed by atoms with Crippen molar-refractivity contribution in [2.24, 2.45) is 0 Å². The first-order valence-electron chi connectivity index (χ1n) is 6.18. The van der Waals surface area contributed by atoms with Crippen LogP contribution < -0.4 is 0 Å². The molecule has 0 bridgehead atoms. The normalized spacial score (nSPS) is 19.9. The highest BCUT2D eigenvalue weighted by atomic mass is 19.3. The number of hydrogen-bond acceptors (Lipinski definition) is 1. The highest BCUT2D eigenvalue weighted by molar-refractivity contribution is 5.36. The summed E-state index contributed by atoms with van der Waals surface area (Å²) in [7, 11) is 0. The number of pyridine rings is 1. The number of rotatable bonds is 0. The number of nitrogens with zero attached hydrogens (tertiary/aromatic N) is 1.